The van der Waals surface area contributed by atoms with Gasteiger partial charge in [-0.25, -0.2) is 0 Å². The average Bonchev–Trinajstić information content (AvgIpc) is 2.67. The van der Waals surface area contributed by atoms with E-state index in [1.165, 1.54) is 36.0 Å². The van der Waals surface area contributed by atoms with Crippen molar-refractivity contribution >= 4 is 11.6 Å². The van der Waals surface area contributed by atoms with Crippen LogP contribution in [0.4, 0.5) is 0 Å². The average molecular weight is 266 g/mol. The van der Waals surface area contributed by atoms with Crippen molar-refractivity contribution in [3.63, 3.8) is 0 Å². The lowest BCUT2D eigenvalue weighted by Crippen LogP contribution is -2.37. The summed E-state index contributed by atoms with van der Waals surface area (Å²) < 4.78 is 0. The number of benzene rings is 1. The first-order valence-corrected chi connectivity index (χ1v) is 7.25. The van der Waals surface area contributed by atoms with E-state index < -0.39 is 0 Å². The number of likely N-dealkylation sites (tertiary alicyclic amines) is 1. The maximum absolute atomic E-state index is 10.4. The minimum atomic E-state index is -0.268. The van der Waals surface area contributed by atoms with Crippen LogP contribution in [0.3, 0.4) is 0 Å². The Morgan fingerprint density at radius 1 is 1.22 bits per heavy atom. The second-order valence-electron chi connectivity index (χ2n) is 5.60. The summed E-state index contributed by atoms with van der Waals surface area (Å²) in [4.78, 5) is 2.44. The molecule has 2 atom stereocenters. The lowest BCUT2D eigenvalue weighted by Gasteiger charge is -2.34. The molecule has 1 aromatic carbocycles. The predicted octanol–water partition coefficient (Wildman–Crippen LogP) is 3.09. The van der Waals surface area contributed by atoms with E-state index in [2.05, 4.69) is 17.9 Å². The first-order valence-electron chi connectivity index (χ1n) is 6.88. The van der Waals surface area contributed by atoms with E-state index in [0.29, 0.717) is 0 Å². The second-order valence-corrected chi connectivity index (χ2v) is 6.04. The molecular formula is C15H20ClNO. The van der Waals surface area contributed by atoms with Crippen molar-refractivity contribution in [3.05, 3.63) is 33.8 Å². The van der Waals surface area contributed by atoms with E-state index in [9.17, 15) is 5.11 Å². The van der Waals surface area contributed by atoms with E-state index in [1.54, 1.807) is 0 Å². The normalized spacial score (nSPS) is 28.4. The molecule has 98 valence electrons. The minimum Gasteiger partial charge on any atom is -0.391 e. The summed E-state index contributed by atoms with van der Waals surface area (Å²) in [6.07, 6.45) is 4.33. The van der Waals surface area contributed by atoms with Crippen LogP contribution in [0.15, 0.2) is 12.1 Å². The highest BCUT2D eigenvalue weighted by molar-refractivity contribution is 6.30. The third-order valence-corrected chi connectivity index (χ3v) is 4.57. The molecule has 18 heavy (non-hydrogen) atoms. The van der Waals surface area contributed by atoms with Crippen LogP contribution < -0.4 is 0 Å². The zero-order chi connectivity index (χ0) is 12.7. The highest BCUT2D eigenvalue weighted by atomic mass is 35.5. The number of fused-ring (bicyclic) bond motifs is 1. The molecular weight excluding hydrogens is 246 g/mol. The molecule has 1 N–H and O–H groups in total. The van der Waals surface area contributed by atoms with Crippen LogP contribution in [0, 0.1) is 6.92 Å². The largest absolute Gasteiger partial charge is 0.391 e. The standard InChI is InChI=1S/C15H20ClNO/c1-10-7-11(16)8-13-12(10)9-14(18)15(13)17-5-3-2-4-6-17/h7-8,14-15,18H,2-6,9H2,1H3/t14-,15-/m1/s1. The van der Waals surface area contributed by atoms with Gasteiger partial charge in [0.1, 0.15) is 0 Å². The number of aliphatic hydroxyl groups is 1. The van der Waals surface area contributed by atoms with Crippen molar-refractivity contribution in [3.8, 4) is 0 Å². The molecule has 1 aliphatic carbocycles. The third kappa shape index (κ3) is 2.07. The number of aryl methyl sites for hydroxylation is 1. The molecule has 1 heterocycles. The molecule has 2 aliphatic rings. The zero-order valence-corrected chi connectivity index (χ0v) is 11.6. The lowest BCUT2D eigenvalue weighted by molar-refractivity contribution is 0.0496. The van der Waals surface area contributed by atoms with Gasteiger partial charge in [0.2, 0.25) is 0 Å². The number of hydrogen-bond acceptors (Lipinski definition) is 2. The second kappa shape index (κ2) is 4.84. The Kier molecular flexibility index (Phi) is 3.35. The van der Waals surface area contributed by atoms with Gasteiger partial charge in [-0.2, -0.15) is 0 Å². The fourth-order valence-electron chi connectivity index (χ4n) is 3.51. The lowest BCUT2D eigenvalue weighted by atomic mass is 10.0. The summed E-state index contributed by atoms with van der Waals surface area (Å²) in [6.45, 7) is 4.30. The van der Waals surface area contributed by atoms with Gasteiger partial charge in [0, 0.05) is 11.4 Å². The van der Waals surface area contributed by atoms with Crippen LogP contribution in [-0.4, -0.2) is 29.2 Å². The topological polar surface area (TPSA) is 23.5 Å². The maximum atomic E-state index is 10.4. The SMILES string of the molecule is Cc1cc(Cl)cc2c1C[C@@H](O)[C@@H]2N1CCCCC1. The Balaban J connectivity index is 1.97. The van der Waals surface area contributed by atoms with Gasteiger partial charge in [-0.05, 0) is 61.7 Å². The fraction of sp³-hybridized carbons (Fsp3) is 0.600. The van der Waals surface area contributed by atoms with Crippen molar-refractivity contribution in [2.45, 2.75) is 44.8 Å². The van der Waals surface area contributed by atoms with Crippen molar-refractivity contribution in [1.29, 1.82) is 0 Å². The molecule has 0 amide bonds. The summed E-state index contributed by atoms with van der Waals surface area (Å²) in [5, 5.41) is 11.2. The van der Waals surface area contributed by atoms with Crippen LogP contribution in [0.25, 0.3) is 0 Å². The molecule has 2 nitrogen and oxygen atoms in total. The van der Waals surface area contributed by atoms with Gasteiger partial charge >= 0.3 is 0 Å². The molecule has 0 bridgehead atoms. The summed E-state index contributed by atoms with van der Waals surface area (Å²) >= 11 is 6.18. The molecule has 0 spiro atoms. The van der Waals surface area contributed by atoms with E-state index in [1.807, 2.05) is 6.07 Å². The molecule has 0 unspecified atom stereocenters. The Morgan fingerprint density at radius 3 is 2.67 bits per heavy atom. The monoisotopic (exact) mass is 265 g/mol. The van der Waals surface area contributed by atoms with Gasteiger partial charge in [0.15, 0.2) is 0 Å². The molecule has 3 rings (SSSR count). The third-order valence-electron chi connectivity index (χ3n) is 4.35. The zero-order valence-electron chi connectivity index (χ0n) is 10.8. The highest BCUT2D eigenvalue weighted by Gasteiger charge is 2.36. The number of hydrogen-bond donors (Lipinski definition) is 1. The Labute approximate surface area is 114 Å². The van der Waals surface area contributed by atoms with Gasteiger partial charge in [-0.1, -0.05) is 18.0 Å². The minimum absolute atomic E-state index is 0.165. The quantitative estimate of drug-likeness (QED) is 0.844. The molecule has 1 fully saturated rings. The van der Waals surface area contributed by atoms with Crippen LogP contribution in [0.1, 0.15) is 42.0 Å². The summed E-state index contributed by atoms with van der Waals surface area (Å²) in [5.41, 5.74) is 3.79. The molecule has 1 aliphatic heterocycles. The highest BCUT2D eigenvalue weighted by Crippen LogP contribution is 2.40. The van der Waals surface area contributed by atoms with E-state index in [4.69, 9.17) is 11.6 Å². The van der Waals surface area contributed by atoms with Crippen molar-refractivity contribution in [2.75, 3.05) is 13.1 Å². The Morgan fingerprint density at radius 2 is 1.94 bits per heavy atom. The van der Waals surface area contributed by atoms with Crippen molar-refractivity contribution in [1.82, 2.24) is 4.90 Å². The molecule has 0 saturated carbocycles. The number of aliphatic hydroxyl groups excluding tert-OH is 1. The molecule has 3 heteroatoms. The first kappa shape index (κ1) is 12.5. The van der Waals surface area contributed by atoms with Crippen LogP contribution in [0.2, 0.25) is 5.02 Å². The number of piperidine rings is 1. The van der Waals surface area contributed by atoms with Gasteiger partial charge < -0.3 is 5.11 Å². The van der Waals surface area contributed by atoms with E-state index in [-0.39, 0.29) is 12.1 Å². The summed E-state index contributed by atoms with van der Waals surface area (Å²) in [7, 11) is 0. The van der Waals surface area contributed by atoms with Crippen LogP contribution in [-0.2, 0) is 6.42 Å². The fourth-order valence-corrected chi connectivity index (χ4v) is 3.79. The molecule has 0 aromatic heterocycles. The van der Waals surface area contributed by atoms with E-state index >= 15 is 0 Å². The Hall–Kier alpha value is -0.570. The molecule has 0 radical (unpaired) electrons. The first-order chi connectivity index (χ1) is 8.66. The predicted molar refractivity (Wildman–Crippen MR) is 74.1 cm³/mol. The molecule has 1 aromatic rings. The van der Waals surface area contributed by atoms with Gasteiger partial charge in [-0.3, -0.25) is 4.90 Å². The smallest absolute Gasteiger partial charge is 0.0777 e. The van der Waals surface area contributed by atoms with Crippen molar-refractivity contribution in [2.24, 2.45) is 0 Å². The molecule has 1 saturated heterocycles. The summed E-state index contributed by atoms with van der Waals surface area (Å²) in [5.74, 6) is 0. The van der Waals surface area contributed by atoms with Crippen molar-refractivity contribution < 1.29 is 5.11 Å². The van der Waals surface area contributed by atoms with Gasteiger partial charge in [0.25, 0.3) is 0 Å². The Bertz CT molecular complexity index is 454. The van der Waals surface area contributed by atoms with Crippen LogP contribution in [0.5, 0.6) is 0 Å². The summed E-state index contributed by atoms with van der Waals surface area (Å²) in [6, 6.07) is 4.23. The number of nitrogens with zero attached hydrogens (tertiary/aromatic N) is 1. The van der Waals surface area contributed by atoms with Gasteiger partial charge in [-0.15, -0.1) is 0 Å². The maximum Gasteiger partial charge on any atom is 0.0777 e. The van der Waals surface area contributed by atoms with Gasteiger partial charge in [0.05, 0.1) is 12.1 Å². The van der Waals surface area contributed by atoms with Crippen LogP contribution >= 0.6 is 11.6 Å². The number of rotatable bonds is 1. The van der Waals surface area contributed by atoms with E-state index in [0.717, 1.165) is 24.5 Å². The number of halogens is 1.